The van der Waals surface area contributed by atoms with E-state index in [9.17, 15) is 0 Å². The van der Waals surface area contributed by atoms with Gasteiger partial charge in [-0.2, -0.15) is 5.10 Å². The summed E-state index contributed by atoms with van der Waals surface area (Å²) in [5, 5.41) is 9.96. The fourth-order valence-electron chi connectivity index (χ4n) is 2.39. The summed E-state index contributed by atoms with van der Waals surface area (Å²) in [6.07, 6.45) is 1.79. The van der Waals surface area contributed by atoms with Crippen molar-refractivity contribution in [3.05, 3.63) is 29.5 Å². The lowest BCUT2D eigenvalue weighted by molar-refractivity contribution is 0.531. The highest BCUT2D eigenvalue weighted by Gasteiger charge is 2.26. The van der Waals surface area contributed by atoms with E-state index < -0.39 is 0 Å². The fourth-order valence-corrected chi connectivity index (χ4v) is 2.39. The van der Waals surface area contributed by atoms with E-state index in [1.54, 1.807) is 6.20 Å². The summed E-state index contributed by atoms with van der Waals surface area (Å²) in [5.74, 6) is 0.503. The Kier molecular flexibility index (Phi) is 3.04. The van der Waals surface area contributed by atoms with Gasteiger partial charge in [0.2, 0.25) is 0 Å². The van der Waals surface area contributed by atoms with Gasteiger partial charge in [0, 0.05) is 10.8 Å². The van der Waals surface area contributed by atoms with E-state index in [4.69, 9.17) is 5.73 Å². The molecule has 0 aliphatic rings. The number of anilines is 1. The van der Waals surface area contributed by atoms with Crippen LogP contribution in [0, 0.1) is 0 Å². The van der Waals surface area contributed by atoms with E-state index in [2.05, 4.69) is 63.9 Å². The van der Waals surface area contributed by atoms with Crippen molar-refractivity contribution >= 4 is 16.6 Å². The minimum atomic E-state index is 0.0759. The zero-order valence-electron chi connectivity index (χ0n) is 12.7. The molecular formula is C16H23N3. The molecule has 0 saturated heterocycles. The molecule has 0 saturated carbocycles. The van der Waals surface area contributed by atoms with E-state index in [0.717, 1.165) is 10.8 Å². The number of benzene rings is 1. The number of hydrogen-bond acceptors (Lipinski definition) is 3. The average Bonchev–Trinajstić information content (AvgIpc) is 2.25. The van der Waals surface area contributed by atoms with Crippen molar-refractivity contribution in [3.8, 4) is 0 Å². The molecule has 102 valence electrons. The minimum Gasteiger partial charge on any atom is -0.382 e. The Morgan fingerprint density at radius 1 is 0.895 bits per heavy atom. The SMILES string of the molecule is CC(C)(C)c1cc2cnnc(N)c2cc1C(C)(C)C. The van der Waals surface area contributed by atoms with Crippen LogP contribution >= 0.6 is 0 Å². The molecule has 0 fully saturated rings. The maximum absolute atomic E-state index is 5.95. The van der Waals surface area contributed by atoms with Crippen molar-refractivity contribution in [1.82, 2.24) is 10.2 Å². The summed E-state index contributed by atoms with van der Waals surface area (Å²) in [4.78, 5) is 0. The van der Waals surface area contributed by atoms with E-state index in [-0.39, 0.29) is 10.8 Å². The van der Waals surface area contributed by atoms with E-state index in [1.165, 1.54) is 11.1 Å². The first-order valence-electron chi connectivity index (χ1n) is 6.66. The second-order valence-electron chi connectivity index (χ2n) is 7.21. The number of nitrogens with two attached hydrogens (primary N) is 1. The van der Waals surface area contributed by atoms with Gasteiger partial charge >= 0.3 is 0 Å². The molecular weight excluding hydrogens is 234 g/mol. The van der Waals surface area contributed by atoms with Crippen molar-refractivity contribution in [1.29, 1.82) is 0 Å². The molecule has 2 N–H and O–H groups in total. The molecule has 1 aromatic heterocycles. The Hall–Kier alpha value is -1.64. The number of nitrogen functional groups attached to an aromatic ring is 1. The minimum absolute atomic E-state index is 0.0759. The zero-order valence-corrected chi connectivity index (χ0v) is 12.7. The van der Waals surface area contributed by atoms with Gasteiger partial charge < -0.3 is 5.73 Å². The van der Waals surface area contributed by atoms with Crippen molar-refractivity contribution < 1.29 is 0 Å². The van der Waals surface area contributed by atoms with E-state index >= 15 is 0 Å². The van der Waals surface area contributed by atoms with Crippen molar-refractivity contribution in [2.45, 2.75) is 52.4 Å². The predicted molar refractivity (Wildman–Crippen MR) is 81.4 cm³/mol. The first-order valence-corrected chi connectivity index (χ1v) is 6.66. The summed E-state index contributed by atoms with van der Waals surface area (Å²) in [7, 11) is 0. The Balaban J connectivity index is 2.87. The fraction of sp³-hybridized carbons (Fsp3) is 0.500. The second kappa shape index (κ2) is 4.19. The molecule has 2 aromatic rings. The topological polar surface area (TPSA) is 51.8 Å². The number of aromatic nitrogens is 2. The van der Waals surface area contributed by atoms with Crippen LogP contribution < -0.4 is 5.73 Å². The monoisotopic (exact) mass is 257 g/mol. The van der Waals surface area contributed by atoms with Crippen LogP contribution in [0.25, 0.3) is 10.8 Å². The third kappa shape index (κ3) is 2.55. The molecule has 0 atom stereocenters. The van der Waals surface area contributed by atoms with Crippen LogP contribution in [0.5, 0.6) is 0 Å². The van der Waals surface area contributed by atoms with Gasteiger partial charge in [0.1, 0.15) is 0 Å². The molecule has 3 nitrogen and oxygen atoms in total. The summed E-state index contributed by atoms with van der Waals surface area (Å²) < 4.78 is 0. The van der Waals surface area contributed by atoms with Crippen LogP contribution in [-0.4, -0.2) is 10.2 Å². The van der Waals surface area contributed by atoms with Crippen LogP contribution in [-0.2, 0) is 10.8 Å². The Morgan fingerprint density at radius 3 is 1.95 bits per heavy atom. The van der Waals surface area contributed by atoms with Crippen molar-refractivity contribution in [3.63, 3.8) is 0 Å². The van der Waals surface area contributed by atoms with Gasteiger partial charge in [-0.05, 0) is 34.1 Å². The normalized spacial score (nSPS) is 12.9. The van der Waals surface area contributed by atoms with E-state index in [1.807, 2.05) is 0 Å². The van der Waals surface area contributed by atoms with Crippen LogP contribution in [0.3, 0.4) is 0 Å². The lowest BCUT2D eigenvalue weighted by Gasteiger charge is -2.30. The van der Waals surface area contributed by atoms with Gasteiger partial charge in [-0.25, -0.2) is 0 Å². The van der Waals surface area contributed by atoms with Gasteiger partial charge in [0.05, 0.1) is 6.20 Å². The van der Waals surface area contributed by atoms with E-state index in [0.29, 0.717) is 5.82 Å². The molecule has 0 bridgehead atoms. The summed E-state index contributed by atoms with van der Waals surface area (Å²) >= 11 is 0. The highest BCUT2D eigenvalue weighted by molar-refractivity contribution is 5.91. The number of rotatable bonds is 0. The van der Waals surface area contributed by atoms with Crippen LogP contribution in [0.15, 0.2) is 18.3 Å². The highest BCUT2D eigenvalue weighted by Crippen LogP contribution is 2.37. The summed E-state index contributed by atoms with van der Waals surface area (Å²) in [6.45, 7) is 13.4. The van der Waals surface area contributed by atoms with Gasteiger partial charge in [0.15, 0.2) is 5.82 Å². The Morgan fingerprint density at radius 2 is 1.42 bits per heavy atom. The number of nitrogens with zero attached hydrogens (tertiary/aromatic N) is 2. The van der Waals surface area contributed by atoms with Gasteiger partial charge in [-0.1, -0.05) is 41.5 Å². The van der Waals surface area contributed by atoms with Crippen LogP contribution in [0.1, 0.15) is 52.7 Å². The first-order chi connectivity index (χ1) is 8.60. The standard InChI is InChI=1S/C16H23N3/c1-15(2,3)12-7-10-9-18-19-14(17)11(10)8-13(12)16(4,5)6/h7-9H,1-6H3,(H2,17,19). The average molecular weight is 257 g/mol. The maximum atomic E-state index is 5.95. The lowest BCUT2D eigenvalue weighted by Crippen LogP contribution is -2.22. The molecule has 0 spiro atoms. The predicted octanol–water partition coefficient (Wildman–Crippen LogP) is 3.81. The van der Waals surface area contributed by atoms with Crippen molar-refractivity contribution in [2.75, 3.05) is 5.73 Å². The molecule has 1 heterocycles. The molecule has 19 heavy (non-hydrogen) atoms. The second-order valence-corrected chi connectivity index (χ2v) is 7.21. The molecule has 0 aliphatic carbocycles. The van der Waals surface area contributed by atoms with Gasteiger partial charge in [0.25, 0.3) is 0 Å². The molecule has 0 radical (unpaired) electrons. The molecule has 1 aromatic carbocycles. The Labute approximate surface area is 115 Å². The summed E-state index contributed by atoms with van der Waals surface area (Å²) in [6, 6.07) is 4.39. The van der Waals surface area contributed by atoms with Gasteiger partial charge in [-0.15, -0.1) is 5.10 Å². The highest BCUT2D eigenvalue weighted by atomic mass is 15.1. The van der Waals surface area contributed by atoms with Crippen LogP contribution in [0.2, 0.25) is 0 Å². The molecule has 0 unspecified atom stereocenters. The number of hydrogen-bond donors (Lipinski definition) is 1. The third-order valence-corrected chi connectivity index (χ3v) is 3.44. The number of fused-ring (bicyclic) bond motifs is 1. The smallest absolute Gasteiger partial charge is 0.153 e. The molecule has 0 aliphatic heterocycles. The van der Waals surface area contributed by atoms with Gasteiger partial charge in [-0.3, -0.25) is 0 Å². The summed E-state index contributed by atoms with van der Waals surface area (Å²) in [5.41, 5.74) is 8.80. The quantitative estimate of drug-likeness (QED) is 0.780. The van der Waals surface area contributed by atoms with Crippen LogP contribution in [0.4, 0.5) is 5.82 Å². The lowest BCUT2D eigenvalue weighted by atomic mass is 9.74. The van der Waals surface area contributed by atoms with Crippen molar-refractivity contribution in [2.24, 2.45) is 0 Å². The Bertz CT molecular complexity index is 616. The maximum Gasteiger partial charge on any atom is 0.153 e. The largest absolute Gasteiger partial charge is 0.382 e. The first kappa shape index (κ1) is 13.8. The third-order valence-electron chi connectivity index (χ3n) is 3.44. The molecule has 0 amide bonds. The molecule has 2 rings (SSSR count). The molecule has 3 heteroatoms. The zero-order chi connectivity index (χ0) is 14.4.